The quantitative estimate of drug-likeness (QED) is 0.638. The van der Waals surface area contributed by atoms with Gasteiger partial charge in [0, 0.05) is 18.4 Å². The van der Waals surface area contributed by atoms with Gasteiger partial charge in [-0.05, 0) is 57.7 Å². The maximum absolute atomic E-state index is 13.0. The molecule has 150 valence electrons. The van der Waals surface area contributed by atoms with Crippen LogP contribution in [-0.4, -0.2) is 42.2 Å². The Hall–Kier alpha value is -2.13. The van der Waals surface area contributed by atoms with Crippen LogP contribution in [0.5, 0.6) is 5.75 Å². The van der Waals surface area contributed by atoms with E-state index in [1.54, 1.807) is 20.8 Å². The lowest BCUT2D eigenvalue weighted by Crippen LogP contribution is -2.41. The molecule has 0 bridgehead atoms. The van der Waals surface area contributed by atoms with E-state index < -0.39 is 40.0 Å². The van der Waals surface area contributed by atoms with E-state index in [-0.39, 0.29) is 11.3 Å². The highest BCUT2D eigenvalue weighted by molar-refractivity contribution is 7.89. The van der Waals surface area contributed by atoms with Gasteiger partial charge in [0.15, 0.2) is 0 Å². The van der Waals surface area contributed by atoms with Crippen LogP contribution >= 0.6 is 0 Å². The molecule has 9 heteroatoms. The maximum atomic E-state index is 13.0. The summed E-state index contributed by atoms with van der Waals surface area (Å²) in [5.41, 5.74) is 2.04. The lowest BCUT2D eigenvalue weighted by atomic mass is 9.94. The van der Waals surface area contributed by atoms with Crippen LogP contribution in [0.15, 0.2) is 4.90 Å². The SMILES string of the molecule is Cc1c(C)c(S(=O)(=O)N[C@@H](CCC(=O)O)C(=O)O)c(C)c2c1OC(C)(C)C2. The smallest absolute Gasteiger partial charge is 0.321 e. The summed E-state index contributed by atoms with van der Waals surface area (Å²) in [5, 5.41) is 18.0. The summed E-state index contributed by atoms with van der Waals surface area (Å²) < 4.78 is 34.1. The van der Waals surface area contributed by atoms with Gasteiger partial charge in [0.05, 0.1) is 4.90 Å². The van der Waals surface area contributed by atoms with E-state index in [9.17, 15) is 23.1 Å². The molecule has 8 nitrogen and oxygen atoms in total. The summed E-state index contributed by atoms with van der Waals surface area (Å²) in [4.78, 5) is 22.1. The number of hydrogen-bond acceptors (Lipinski definition) is 5. The van der Waals surface area contributed by atoms with Gasteiger partial charge in [-0.2, -0.15) is 4.72 Å². The third kappa shape index (κ3) is 4.24. The molecular formula is C18H25NO7S. The van der Waals surface area contributed by atoms with Crippen molar-refractivity contribution >= 4 is 22.0 Å². The van der Waals surface area contributed by atoms with Crippen LogP contribution < -0.4 is 9.46 Å². The third-order valence-corrected chi connectivity index (χ3v) is 6.55. The number of benzene rings is 1. The summed E-state index contributed by atoms with van der Waals surface area (Å²) in [5.74, 6) is -1.94. The molecule has 1 atom stereocenters. The number of carboxylic acid groups (broad SMARTS) is 2. The van der Waals surface area contributed by atoms with Gasteiger partial charge in [0.25, 0.3) is 0 Å². The lowest BCUT2D eigenvalue weighted by Gasteiger charge is -2.20. The van der Waals surface area contributed by atoms with Gasteiger partial charge in [-0.1, -0.05) is 0 Å². The van der Waals surface area contributed by atoms with Gasteiger partial charge in [-0.25, -0.2) is 8.42 Å². The van der Waals surface area contributed by atoms with Crippen molar-refractivity contribution < 1.29 is 33.0 Å². The second-order valence-electron chi connectivity index (χ2n) is 7.49. The number of carbonyl (C=O) groups is 2. The first-order valence-electron chi connectivity index (χ1n) is 8.55. The fourth-order valence-electron chi connectivity index (χ4n) is 3.39. The molecule has 1 aromatic rings. The van der Waals surface area contributed by atoms with E-state index >= 15 is 0 Å². The number of fused-ring (bicyclic) bond motifs is 1. The largest absolute Gasteiger partial charge is 0.487 e. The van der Waals surface area contributed by atoms with Crippen LogP contribution in [0.1, 0.15) is 48.9 Å². The van der Waals surface area contributed by atoms with Gasteiger partial charge >= 0.3 is 11.9 Å². The summed E-state index contributed by atoms with van der Waals surface area (Å²) in [6.45, 7) is 8.93. The minimum Gasteiger partial charge on any atom is -0.487 e. The molecule has 1 aliphatic heterocycles. The molecule has 0 unspecified atom stereocenters. The summed E-state index contributed by atoms with van der Waals surface area (Å²) in [7, 11) is -4.17. The zero-order valence-electron chi connectivity index (χ0n) is 16.0. The van der Waals surface area contributed by atoms with Crippen LogP contribution in [0.25, 0.3) is 0 Å². The monoisotopic (exact) mass is 399 g/mol. The zero-order valence-corrected chi connectivity index (χ0v) is 16.9. The molecule has 0 spiro atoms. The van der Waals surface area contributed by atoms with E-state index in [0.717, 1.165) is 5.56 Å². The minimum absolute atomic E-state index is 0.0293. The third-order valence-electron chi connectivity index (χ3n) is 4.80. The molecule has 0 aliphatic carbocycles. The van der Waals surface area contributed by atoms with Crippen molar-refractivity contribution in [3.05, 3.63) is 22.3 Å². The standard InChI is InChI=1S/C18H25NO7S/c1-9-10(2)16(11(3)12-8-18(4,5)26-15(9)12)27(24,25)19-13(17(22)23)6-7-14(20)21/h13,19H,6-8H2,1-5H3,(H,20,21)(H,22,23)/t13-/m0/s1. The molecular weight excluding hydrogens is 374 g/mol. The first kappa shape index (κ1) is 21.2. The molecule has 1 aromatic carbocycles. The molecule has 0 fully saturated rings. The Bertz CT molecular complexity index is 903. The van der Waals surface area contributed by atoms with Crippen LogP contribution in [0.3, 0.4) is 0 Å². The Balaban J connectivity index is 2.49. The number of aliphatic carboxylic acids is 2. The Labute approximate surface area is 158 Å². The Kier molecular flexibility index (Phi) is 5.58. The van der Waals surface area contributed by atoms with Crippen molar-refractivity contribution in [1.29, 1.82) is 0 Å². The maximum Gasteiger partial charge on any atom is 0.321 e. The van der Waals surface area contributed by atoms with Crippen molar-refractivity contribution in [2.45, 2.75) is 70.4 Å². The minimum atomic E-state index is -4.17. The Morgan fingerprint density at radius 2 is 1.74 bits per heavy atom. The van der Waals surface area contributed by atoms with Crippen LogP contribution in [0.4, 0.5) is 0 Å². The van der Waals surface area contributed by atoms with Gasteiger partial charge < -0.3 is 14.9 Å². The van der Waals surface area contributed by atoms with Crippen molar-refractivity contribution in [2.75, 3.05) is 0 Å². The molecule has 3 N–H and O–H groups in total. The highest BCUT2D eigenvalue weighted by Gasteiger charge is 2.37. The fraction of sp³-hybridized carbons (Fsp3) is 0.556. The summed E-state index contributed by atoms with van der Waals surface area (Å²) >= 11 is 0. The fourth-order valence-corrected chi connectivity index (χ4v) is 5.19. The summed E-state index contributed by atoms with van der Waals surface area (Å²) in [6, 6.07) is -1.52. The van der Waals surface area contributed by atoms with E-state index in [1.165, 1.54) is 0 Å². The van der Waals surface area contributed by atoms with Crippen molar-refractivity contribution in [1.82, 2.24) is 4.72 Å². The van der Waals surface area contributed by atoms with Crippen molar-refractivity contribution in [2.24, 2.45) is 0 Å². The Morgan fingerprint density at radius 3 is 2.26 bits per heavy atom. The van der Waals surface area contributed by atoms with Crippen LogP contribution in [0.2, 0.25) is 0 Å². The summed E-state index contributed by atoms with van der Waals surface area (Å²) in [6.07, 6.45) is -0.260. The molecule has 0 saturated heterocycles. The Morgan fingerprint density at radius 1 is 1.15 bits per heavy atom. The molecule has 1 heterocycles. The molecule has 0 radical (unpaired) electrons. The molecule has 1 aliphatic rings. The normalized spacial score (nSPS) is 16.5. The lowest BCUT2D eigenvalue weighted by molar-refractivity contribution is -0.140. The van der Waals surface area contributed by atoms with Crippen molar-refractivity contribution in [3.8, 4) is 5.75 Å². The first-order chi connectivity index (χ1) is 12.3. The van der Waals surface area contributed by atoms with Gasteiger partial charge in [-0.3, -0.25) is 9.59 Å². The predicted molar refractivity (Wildman–Crippen MR) is 97.7 cm³/mol. The molecule has 0 amide bonds. The topological polar surface area (TPSA) is 130 Å². The van der Waals surface area contributed by atoms with Crippen molar-refractivity contribution in [3.63, 3.8) is 0 Å². The van der Waals surface area contributed by atoms with Crippen LogP contribution in [-0.2, 0) is 26.0 Å². The average molecular weight is 399 g/mol. The average Bonchev–Trinajstić information content (AvgIpc) is 2.85. The number of hydrogen-bond donors (Lipinski definition) is 3. The number of nitrogens with one attached hydrogen (secondary N) is 1. The number of ether oxygens (including phenoxy) is 1. The number of rotatable bonds is 7. The number of carboxylic acids is 2. The molecule has 2 rings (SSSR count). The molecule has 0 saturated carbocycles. The highest BCUT2D eigenvalue weighted by atomic mass is 32.2. The van der Waals surface area contributed by atoms with Gasteiger partial charge in [-0.15, -0.1) is 0 Å². The van der Waals surface area contributed by atoms with Gasteiger partial charge in [0.1, 0.15) is 17.4 Å². The predicted octanol–water partition coefficient (Wildman–Crippen LogP) is 1.92. The van der Waals surface area contributed by atoms with Crippen LogP contribution in [0, 0.1) is 20.8 Å². The van der Waals surface area contributed by atoms with E-state index in [1.807, 2.05) is 13.8 Å². The van der Waals surface area contributed by atoms with E-state index in [2.05, 4.69) is 4.72 Å². The van der Waals surface area contributed by atoms with E-state index in [4.69, 9.17) is 9.84 Å². The second kappa shape index (κ2) is 7.12. The number of sulfonamides is 1. The first-order valence-corrected chi connectivity index (χ1v) is 10.0. The molecule has 0 aromatic heterocycles. The zero-order chi connectivity index (χ0) is 20.7. The van der Waals surface area contributed by atoms with Gasteiger partial charge in [0.2, 0.25) is 10.0 Å². The second-order valence-corrected chi connectivity index (χ2v) is 9.15. The highest BCUT2D eigenvalue weighted by Crippen LogP contribution is 2.43. The van der Waals surface area contributed by atoms with E-state index in [0.29, 0.717) is 28.9 Å². The molecule has 27 heavy (non-hydrogen) atoms.